The van der Waals surface area contributed by atoms with Gasteiger partial charge < -0.3 is 9.31 Å². The van der Waals surface area contributed by atoms with Crippen LogP contribution in [0.15, 0.2) is 12.4 Å². The summed E-state index contributed by atoms with van der Waals surface area (Å²) in [5, 5.41) is 3.87. The van der Waals surface area contributed by atoms with Crippen molar-refractivity contribution in [2.75, 3.05) is 5.75 Å². The average Bonchev–Trinajstić information content (AvgIpc) is 2.83. The summed E-state index contributed by atoms with van der Waals surface area (Å²) in [6.07, 6.45) is 2.91. The van der Waals surface area contributed by atoms with Crippen LogP contribution in [0.3, 0.4) is 0 Å². The standard InChI is InChI=1S/C11H19BN2O4S/c1-6-19(15,16)14-8-9(7-13-14)12-17-10(2,3)11(4,5)18-12/h7-8H,6H2,1-5H3. The highest BCUT2D eigenvalue weighted by Crippen LogP contribution is 2.36. The van der Waals surface area contributed by atoms with Gasteiger partial charge in [0.25, 0.3) is 10.0 Å². The Bertz CT molecular complexity index is 563. The molecule has 19 heavy (non-hydrogen) atoms. The monoisotopic (exact) mass is 286 g/mol. The van der Waals surface area contributed by atoms with Gasteiger partial charge in [-0.2, -0.15) is 9.19 Å². The Hall–Kier alpha value is -0.855. The fourth-order valence-electron chi connectivity index (χ4n) is 1.70. The number of nitrogens with zero attached hydrogens (tertiary/aromatic N) is 2. The molecule has 1 saturated heterocycles. The second-order valence-corrected chi connectivity index (χ2v) is 7.75. The predicted molar refractivity (Wildman–Crippen MR) is 72.8 cm³/mol. The lowest BCUT2D eigenvalue weighted by Crippen LogP contribution is -2.41. The van der Waals surface area contributed by atoms with Crippen molar-refractivity contribution in [2.24, 2.45) is 0 Å². The summed E-state index contributed by atoms with van der Waals surface area (Å²) in [5.74, 6) is -0.00249. The van der Waals surface area contributed by atoms with Gasteiger partial charge in [-0.25, -0.2) is 8.42 Å². The van der Waals surface area contributed by atoms with Crippen molar-refractivity contribution in [3.63, 3.8) is 0 Å². The molecule has 1 fully saturated rings. The van der Waals surface area contributed by atoms with E-state index in [4.69, 9.17) is 9.31 Å². The van der Waals surface area contributed by atoms with Crippen molar-refractivity contribution < 1.29 is 17.7 Å². The first-order chi connectivity index (χ1) is 8.59. The molecule has 1 aliphatic rings. The van der Waals surface area contributed by atoms with E-state index in [0.717, 1.165) is 4.09 Å². The highest BCUT2D eigenvalue weighted by atomic mass is 32.2. The zero-order valence-corrected chi connectivity index (χ0v) is 12.7. The highest BCUT2D eigenvalue weighted by molar-refractivity contribution is 7.89. The lowest BCUT2D eigenvalue weighted by molar-refractivity contribution is 0.00578. The van der Waals surface area contributed by atoms with Gasteiger partial charge >= 0.3 is 7.12 Å². The van der Waals surface area contributed by atoms with Crippen molar-refractivity contribution in [1.29, 1.82) is 0 Å². The van der Waals surface area contributed by atoms with Crippen molar-refractivity contribution in [1.82, 2.24) is 9.19 Å². The Labute approximate surface area is 114 Å². The van der Waals surface area contributed by atoms with Crippen LogP contribution in [0.25, 0.3) is 0 Å². The van der Waals surface area contributed by atoms with Crippen molar-refractivity contribution in [3.05, 3.63) is 12.4 Å². The molecule has 1 aromatic rings. The Morgan fingerprint density at radius 2 is 1.79 bits per heavy atom. The first kappa shape index (κ1) is 14.6. The Kier molecular flexibility index (Phi) is 3.31. The molecule has 2 heterocycles. The molecule has 0 N–H and O–H groups in total. The van der Waals surface area contributed by atoms with Crippen LogP contribution in [-0.2, 0) is 19.3 Å². The van der Waals surface area contributed by atoms with Crippen LogP contribution in [0.4, 0.5) is 0 Å². The topological polar surface area (TPSA) is 70.4 Å². The number of hydrogen-bond donors (Lipinski definition) is 0. The molecule has 0 atom stereocenters. The molecule has 1 aliphatic heterocycles. The van der Waals surface area contributed by atoms with Crippen molar-refractivity contribution >= 4 is 22.6 Å². The zero-order valence-electron chi connectivity index (χ0n) is 11.9. The van der Waals surface area contributed by atoms with Crippen LogP contribution in [0, 0.1) is 0 Å². The SMILES string of the molecule is CCS(=O)(=O)n1cc(B2OC(C)(C)C(C)(C)O2)cn1. The van der Waals surface area contributed by atoms with Crippen LogP contribution >= 0.6 is 0 Å². The van der Waals surface area contributed by atoms with Gasteiger partial charge in [0.15, 0.2) is 0 Å². The summed E-state index contributed by atoms with van der Waals surface area (Å²) in [7, 11) is -3.96. The third-order valence-corrected chi connectivity index (χ3v) is 5.25. The second kappa shape index (κ2) is 4.32. The molecule has 0 aliphatic carbocycles. The van der Waals surface area contributed by atoms with E-state index < -0.39 is 28.3 Å². The lowest BCUT2D eigenvalue weighted by atomic mass is 9.82. The van der Waals surface area contributed by atoms with Gasteiger partial charge in [0.2, 0.25) is 0 Å². The summed E-state index contributed by atoms with van der Waals surface area (Å²) in [4.78, 5) is 0. The molecular weight excluding hydrogens is 267 g/mol. The van der Waals surface area contributed by atoms with Crippen LogP contribution in [0.5, 0.6) is 0 Å². The van der Waals surface area contributed by atoms with Crippen LogP contribution < -0.4 is 5.46 Å². The fourth-order valence-corrected chi connectivity index (χ4v) is 2.44. The van der Waals surface area contributed by atoms with E-state index in [0.29, 0.717) is 5.46 Å². The molecule has 0 saturated carbocycles. The van der Waals surface area contributed by atoms with E-state index in [1.165, 1.54) is 12.4 Å². The van der Waals surface area contributed by atoms with E-state index in [9.17, 15) is 8.42 Å². The molecule has 0 radical (unpaired) electrons. The van der Waals surface area contributed by atoms with Gasteiger partial charge in [0.05, 0.1) is 17.0 Å². The minimum Gasteiger partial charge on any atom is -0.399 e. The van der Waals surface area contributed by atoms with E-state index >= 15 is 0 Å². The van der Waals surface area contributed by atoms with Gasteiger partial charge in [-0.05, 0) is 34.6 Å². The smallest absolute Gasteiger partial charge is 0.399 e. The number of hydrogen-bond acceptors (Lipinski definition) is 5. The largest absolute Gasteiger partial charge is 0.498 e. The Balaban J connectivity index is 2.27. The van der Waals surface area contributed by atoms with Crippen LogP contribution in [0.2, 0.25) is 0 Å². The fraction of sp³-hybridized carbons (Fsp3) is 0.727. The molecule has 6 nitrogen and oxygen atoms in total. The van der Waals surface area contributed by atoms with E-state index in [-0.39, 0.29) is 5.75 Å². The first-order valence-electron chi connectivity index (χ1n) is 6.22. The maximum absolute atomic E-state index is 11.7. The minimum absolute atomic E-state index is 0.00249. The van der Waals surface area contributed by atoms with Gasteiger partial charge in [0, 0.05) is 17.9 Å². The molecule has 0 unspecified atom stereocenters. The van der Waals surface area contributed by atoms with Gasteiger partial charge in [-0.15, -0.1) is 0 Å². The molecule has 1 aromatic heterocycles. The molecule has 0 amide bonds. The summed E-state index contributed by atoms with van der Waals surface area (Å²) in [6, 6.07) is 0. The first-order valence-corrected chi connectivity index (χ1v) is 7.83. The highest BCUT2D eigenvalue weighted by Gasteiger charge is 2.52. The van der Waals surface area contributed by atoms with E-state index in [1.807, 2.05) is 27.7 Å². The molecule has 8 heteroatoms. The van der Waals surface area contributed by atoms with E-state index in [1.54, 1.807) is 6.92 Å². The minimum atomic E-state index is -3.37. The molecule has 2 rings (SSSR count). The second-order valence-electron chi connectivity index (χ2n) is 5.64. The van der Waals surface area contributed by atoms with Gasteiger partial charge in [-0.1, -0.05) is 0 Å². The lowest BCUT2D eigenvalue weighted by Gasteiger charge is -2.32. The zero-order chi connectivity index (χ0) is 14.5. The molecule has 0 bridgehead atoms. The van der Waals surface area contributed by atoms with E-state index in [2.05, 4.69) is 5.10 Å². The van der Waals surface area contributed by atoms with Gasteiger partial charge in [0.1, 0.15) is 0 Å². The van der Waals surface area contributed by atoms with Crippen LogP contribution in [0.1, 0.15) is 34.6 Å². The average molecular weight is 286 g/mol. The van der Waals surface area contributed by atoms with Crippen LogP contribution in [-0.4, -0.2) is 41.7 Å². The third kappa shape index (κ3) is 2.44. The predicted octanol–water partition coefficient (Wildman–Crippen LogP) is 0.380. The van der Waals surface area contributed by atoms with Crippen molar-refractivity contribution in [2.45, 2.75) is 45.8 Å². The Morgan fingerprint density at radius 1 is 1.26 bits per heavy atom. The quantitative estimate of drug-likeness (QED) is 0.751. The molecule has 0 aromatic carbocycles. The molecule has 106 valence electrons. The summed E-state index contributed by atoms with van der Waals surface area (Å²) in [5.41, 5.74) is -0.303. The summed E-state index contributed by atoms with van der Waals surface area (Å²) < 4.78 is 36.0. The van der Waals surface area contributed by atoms with Gasteiger partial charge in [-0.3, -0.25) is 0 Å². The summed E-state index contributed by atoms with van der Waals surface area (Å²) in [6.45, 7) is 9.35. The van der Waals surface area contributed by atoms with Crippen molar-refractivity contribution in [3.8, 4) is 0 Å². The molecular formula is C11H19BN2O4S. The number of rotatable bonds is 3. The summed E-state index contributed by atoms with van der Waals surface area (Å²) >= 11 is 0. The maximum atomic E-state index is 11.7. The molecule has 0 spiro atoms. The normalized spacial score (nSPS) is 21.8. The third-order valence-electron chi connectivity index (χ3n) is 3.76. The maximum Gasteiger partial charge on any atom is 0.498 e. The number of aromatic nitrogens is 2. The Morgan fingerprint density at radius 3 is 2.26 bits per heavy atom.